The molecule has 0 aromatic carbocycles. The normalized spacial score (nSPS) is 11.5. The summed E-state index contributed by atoms with van der Waals surface area (Å²) >= 11 is 0. The molecule has 0 unspecified atom stereocenters. The number of carboxylic acid groups (broad SMARTS) is 1. The van der Waals surface area contributed by atoms with E-state index >= 15 is 0 Å². The highest BCUT2D eigenvalue weighted by Gasteiger charge is 2.18. The van der Waals surface area contributed by atoms with Gasteiger partial charge in [-0.05, 0) is 13.0 Å². The number of hydrogen-bond donors (Lipinski definition) is 4. The molecule has 0 fully saturated rings. The van der Waals surface area contributed by atoms with Gasteiger partial charge in [0.2, 0.25) is 5.88 Å². The second-order valence-electron chi connectivity index (χ2n) is 3.49. The average molecular weight is 269 g/mol. The SMILES string of the molecule is CCOc1ccc(NC(=O)N[C@H](CO)C(=O)O)cn1. The van der Waals surface area contributed by atoms with Gasteiger partial charge in [0, 0.05) is 6.07 Å². The second kappa shape index (κ2) is 7.17. The third-order valence-electron chi connectivity index (χ3n) is 2.07. The molecule has 2 amide bonds. The van der Waals surface area contributed by atoms with Gasteiger partial charge in [-0.3, -0.25) is 0 Å². The molecular weight excluding hydrogens is 254 g/mol. The number of carboxylic acids is 1. The molecule has 1 heterocycles. The fraction of sp³-hybridized carbons (Fsp3) is 0.364. The molecule has 8 heteroatoms. The number of pyridine rings is 1. The smallest absolute Gasteiger partial charge is 0.328 e. The minimum atomic E-state index is -1.35. The summed E-state index contributed by atoms with van der Waals surface area (Å²) in [7, 11) is 0. The van der Waals surface area contributed by atoms with Crippen molar-refractivity contribution >= 4 is 17.7 Å². The molecule has 0 bridgehead atoms. The zero-order valence-corrected chi connectivity index (χ0v) is 10.3. The Morgan fingerprint density at radius 1 is 1.47 bits per heavy atom. The van der Waals surface area contributed by atoms with E-state index in [9.17, 15) is 9.59 Å². The van der Waals surface area contributed by atoms with Crippen LogP contribution in [0.25, 0.3) is 0 Å². The quantitative estimate of drug-likeness (QED) is 0.579. The van der Waals surface area contributed by atoms with E-state index in [-0.39, 0.29) is 0 Å². The number of nitrogens with zero attached hydrogens (tertiary/aromatic N) is 1. The number of amides is 2. The minimum absolute atomic E-state index is 0.378. The van der Waals surface area contributed by atoms with Gasteiger partial charge < -0.3 is 25.6 Å². The number of ether oxygens (including phenoxy) is 1. The van der Waals surface area contributed by atoms with Gasteiger partial charge in [-0.1, -0.05) is 0 Å². The number of carbonyl (C=O) groups is 2. The summed E-state index contributed by atoms with van der Waals surface area (Å²) in [4.78, 5) is 26.0. The highest BCUT2D eigenvalue weighted by molar-refractivity contribution is 5.92. The Morgan fingerprint density at radius 3 is 2.68 bits per heavy atom. The number of aliphatic hydroxyl groups is 1. The van der Waals surface area contributed by atoms with E-state index in [0.717, 1.165) is 0 Å². The lowest BCUT2D eigenvalue weighted by molar-refractivity contribution is -0.140. The van der Waals surface area contributed by atoms with Crippen LogP contribution in [0, 0.1) is 0 Å². The summed E-state index contributed by atoms with van der Waals surface area (Å²) in [5, 5.41) is 21.9. The van der Waals surface area contributed by atoms with Crippen LogP contribution in [0.5, 0.6) is 5.88 Å². The van der Waals surface area contributed by atoms with Crippen molar-refractivity contribution in [3.63, 3.8) is 0 Å². The molecule has 0 saturated carbocycles. The summed E-state index contributed by atoms with van der Waals surface area (Å²) in [5.74, 6) is -0.894. The first-order chi connectivity index (χ1) is 9.06. The largest absolute Gasteiger partial charge is 0.480 e. The highest BCUT2D eigenvalue weighted by Crippen LogP contribution is 2.11. The fourth-order valence-corrected chi connectivity index (χ4v) is 1.20. The molecule has 104 valence electrons. The summed E-state index contributed by atoms with van der Waals surface area (Å²) in [6.07, 6.45) is 1.37. The van der Waals surface area contributed by atoms with E-state index in [2.05, 4.69) is 15.6 Å². The van der Waals surface area contributed by atoms with Crippen molar-refractivity contribution in [2.45, 2.75) is 13.0 Å². The minimum Gasteiger partial charge on any atom is -0.480 e. The lowest BCUT2D eigenvalue weighted by Gasteiger charge is -2.12. The number of hydrogen-bond acceptors (Lipinski definition) is 5. The molecule has 0 radical (unpaired) electrons. The van der Waals surface area contributed by atoms with Gasteiger partial charge in [-0.25, -0.2) is 14.6 Å². The molecule has 1 aromatic heterocycles. The number of carbonyl (C=O) groups excluding carboxylic acids is 1. The monoisotopic (exact) mass is 269 g/mol. The Balaban J connectivity index is 2.54. The average Bonchev–Trinajstić information content (AvgIpc) is 2.38. The molecule has 0 aliphatic carbocycles. The van der Waals surface area contributed by atoms with Crippen molar-refractivity contribution in [2.75, 3.05) is 18.5 Å². The number of aromatic nitrogens is 1. The van der Waals surface area contributed by atoms with E-state index in [1.807, 2.05) is 6.92 Å². The highest BCUT2D eigenvalue weighted by atomic mass is 16.5. The van der Waals surface area contributed by atoms with Crippen molar-refractivity contribution in [1.29, 1.82) is 0 Å². The van der Waals surface area contributed by atoms with Crippen molar-refractivity contribution in [3.8, 4) is 5.88 Å². The molecule has 0 aliphatic rings. The number of anilines is 1. The maximum absolute atomic E-state index is 11.4. The van der Waals surface area contributed by atoms with Crippen LogP contribution in [0.3, 0.4) is 0 Å². The standard InChI is InChI=1S/C11H15N3O5/c1-2-19-9-4-3-7(5-12-9)13-11(18)14-8(6-15)10(16)17/h3-5,8,15H,2,6H2,1H3,(H,16,17)(H2,13,14,18)/t8-/m1/s1. The van der Waals surface area contributed by atoms with Crippen LogP contribution < -0.4 is 15.4 Å². The Kier molecular flexibility index (Phi) is 5.55. The number of urea groups is 1. The van der Waals surface area contributed by atoms with E-state index in [0.29, 0.717) is 18.2 Å². The first-order valence-electron chi connectivity index (χ1n) is 5.56. The van der Waals surface area contributed by atoms with Crippen LogP contribution in [0.1, 0.15) is 6.92 Å². The summed E-state index contributed by atoms with van der Waals surface area (Å²) < 4.78 is 5.13. The maximum Gasteiger partial charge on any atom is 0.328 e. The van der Waals surface area contributed by atoms with E-state index < -0.39 is 24.6 Å². The Hall–Kier alpha value is -2.35. The van der Waals surface area contributed by atoms with Crippen LogP contribution >= 0.6 is 0 Å². The first kappa shape index (κ1) is 14.7. The second-order valence-corrected chi connectivity index (χ2v) is 3.49. The van der Waals surface area contributed by atoms with Gasteiger partial charge in [0.05, 0.1) is 25.1 Å². The number of aliphatic hydroxyl groups excluding tert-OH is 1. The Morgan fingerprint density at radius 2 is 2.21 bits per heavy atom. The zero-order valence-electron chi connectivity index (χ0n) is 10.3. The molecule has 1 aromatic rings. The zero-order chi connectivity index (χ0) is 14.3. The molecule has 1 rings (SSSR count). The van der Waals surface area contributed by atoms with Gasteiger partial charge in [0.15, 0.2) is 6.04 Å². The van der Waals surface area contributed by atoms with Crippen molar-refractivity contribution in [1.82, 2.24) is 10.3 Å². The lowest BCUT2D eigenvalue weighted by atomic mass is 10.3. The van der Waals surface area contributed by atoms with Crippen molar-refractivity contribution in [2.24, 2.45) is 0 Å². The number of rotatable bonds is 6. The van der Waals surface area contributed by atoms with Crippen LogP contribution in [0.4, 0.5) is 10.5 Å². The molecule has 0 aliphatic heterocycles. The fourth-order valence-electron chi connectivity index (χ4n) is 1.20. The van der Waals surface area contributed by atoms with E-state index in [1.165, 1.54) is 6.20 Å². The van der Waals surface area contributed by atoms with Crippen molar-refractivity contribution in [3.05, 3.63) is 18.3 Å². The molecule has 1 atom stereocenters. The summed E-state index contributed by atoms with van der Waals surface area (Å²) in [6, 6.07) is 1.04. The van der Waals surface area contributed by atoms with Crippen LogP contribution in [-0.2, 0) is 4.79 Å². The van der Waals surface area contributed by atoms with Crippen LogP contribution in [-0.4, -0.2) is 46.5 Å². The van der Waals surface area contributed by atoms with Crippen LogP contribution in [0.2, 0.25) is 0 Å². The molecule has 8 nitrogen and oxygen atoms in total. The molecule has 0 saturated heterocycles. The van der Waals surface area contributed by atoms with Gasteiger partial charge in [-0.2, -0.15) is 0 Å². The Bertz CT molecular complexity index is 434. The predicted octanol–water partition coefficient (Wildman–Crippen LogP) is 0.0473. The topological polar surface area (TPSA) is 121 Å². The van der Waals surface area contributed by atoms with E-state index in [1.54, 1.807) is 12.1 Å². The maximum atomic E-state index is 11.4. The van der Waals surface area contributed by atoms with Gasteiger partial charge in [0.1, 0.15) is 0 Å². The number of nitrogens with one attached hydrogen (secondary N) is 2. The van der Waals surface area contributed by atoms with Gasteiger partial charge in [0.25, 0.3) is 0 Å². The van der Waals surface area contributed by atoms with Crippen LogP contribution in [0.15, 0.2) is 18.3 Å². The predicted molar refractivity (Wildman–Crippen MR) is 66.1 cm³/mol. The van der Waals surface area contributed by atoms with Gasteiger partial charge >= 0.3 is 12.0 Å². The van der Waals surface area contributed by atoms with E-state index in [4.69, 9.17) is 14.9 Å². The molecule has 19 heavy (non-hydrogen) atoms. The number of aliphatic carboxylic acids is 1. The third kappa shape index (κ3) is 4.80. The third-order valence-corrected chi connectivity index (χ3v) is 2.07. The summed E-state index contributed by atoms with van der Waals surface area (Å²) in [6.45, 7) is 1.61. The molecule has 0 spiro atoms. The first-order valence-corrected chi connectivity index (χ1v) is 5.56. The molecular formula is C11H15N3O5. The van der Waals surface area contributed by atoms with Gasteiger partial charge in [-0.15, -0.1) is 0 Å². The lowest BCUT2D eigenvalue weighted by Crippen LogP contribution is -2.45. The van der Waals surface area contributed by atoms with Crippen molar-refractivity contribution < 1.29 is 24.5 Å². The molecule has 4 N–H and O–H groups in total. The Labute approximate surface area is 109 Å². The summed E-state index contributed by atoms with van der Waals surface area (Å²) in [5.41, 5.74) is 0.378.